The number of hydrogen-bond acceptors (Lipinski definition) is 2. The number of nitrogens with one attached hydrogen (secondary N) is 1. The summed E-state index contributed by atoms with van der Waals surface area (Å²) in [5.74, 6) is 0.624. The summed E-state index contributed by atoms with van der Waals surface area (Å²) in [7, 11) is 0. The van der Waals surface area contributed by atoms with Gasteiger partial charge in [-0.2, -0.15) is 4.76 Å². The van der Waals surface area contributed by atoms with Gasteiger partial charge in [-0.1, -0.05) is 43.3 Å². The molecule has 0 amide bonds. The van der Waals surface area contributed by atoms with E-state index >= 15 is 0 Å². The van der Waals surface area contributed by atoms with Crippen LogP contribution in [0.2, 0.25) is 0 Å². The van der Waals surface area contributed by atoms with E-state index in [-0.39, 0.29) is 0 Å². The second kappa shape index (κ2) is 6.93. The van der Waals surface area contributed by atoms with E-state index in [1.165, 1.54) is 6.34 Å². The zero-order chi connectivity index (χ0) is 14.4. The van der Waals surface area contributed by atoms with Crippen molar-refractivity contribution in [1.29, 1.82) is 0 Å². The van der Waals surface area contributed by atoms with E-state index in [2.05, 4.69) is 10.1 Å². The standard InChI is InChI=1S/C14H17N2O2PS/c1-2-10-20-19(17,18)16-11-15-14-9-5-7-12-6-3-4-8-13(12)14/h3-9,11H,2,10H2,1H3,(H2,15,16,17,18). The Bertz CT molecular complexity index is 655. The van der Waals surface area contributed by atoms with E-state index < -0.39 is 6.72 Å². The average molecular weight is 308 g/mol. The van der Waals surface area contributed by atoms with Crippen LogP contribution in [0.1, 0.15) is 13.3 Å². The van der Waals surface area contributed by atoms with Crippen molar-refractivity contribution < 1.29 is 9.46 Å². The van der Waals surface area contributed by atoms with Crippen LogP contribution in [0.25, 0.3) is 10.8 Å². The molecule has 0 saturated heterocycles. The van der Waals surface area contributed by atoms with Crippen molar-refractivity contribution in [3.8, 4) is 0 Å². The lowest BCUT2D eigenvalue weighted by molar-refractivity contribution is 0.499. The molecule has 0 aliphatic carbocycles. The third-order valence-corrected chi connectivity index (χ3v) is 5.85. The normalized spacial score (nSPS) is 14.5. The molecule has 106 valence electrons. The quantitative estimate of drug-likeness (QED) is 0.468. The predicted octanol–water partition coefficient (Wildman–Crippen LogP) is 4.52. The number of benzene rings is 2. The van der Waals surface area contributed by atoms with Gasteiger partial charge in [-0.3, -0.25) is 4.57 Å². The lowest BCUT2D eigenvalue weighted by Crippen LogP contribution is -1.95. The monoisotopic (exact) mass is 308 g/mol. The highest BCUT2D eigenvalue weighted by atomic mass is 32.7. The molecule has 2 aromatic rings. The van der Waals surface area contributed by atoms with Gasteiger partial charge in [0.25, 0.3) is 0 Å². The van der Waals surface area contributed by atoms with Gasteiger partial charge in [0, 0.05) is 16.8 Å². The van der Waals surface area contributed by atoms with Gasteiger partial charge >= 0.3 is 6.72 Å². The van der Waals surface area contributed by atoms with Crippen LogP contribution in [-0.2, 0) is 4.57 Å². The predicted molar refractivity (Wildman–Crippen MR) is 88.6 cm³/mol. The molecule has 0 aromatic heterocycles. The van der Waals surface area contributed by atoms with E-state index in [9.17, 15) is 9.46 Å². The fourth-order valence-electron chi connectivity index (χ4n) is 1.77. The molecule has 1 atom stereocenters. The van der Waals surface area contributed by atoms with Crippen molar-refractivity contribution in [2.45, 2.75) is 13.3 Å². The maximum Gasteiger partial charge on any atom is 0.370 e. The lowest BCUT2D eigenvalue weighted by atomic mass is 10.1. The molecule has 0 heterocycles. The summed E-state index contributed by atoms with van der Waals surface area (Å²) in [5.41, 5.74) is 0.868. The summed E-state index contributed by atoms with van der Waals surface area (Å²) in [6.45, 7) is -1.52. The van der Waals surface area contributed by atoms with Gasteiger partial charge in [0.15, 0.2) is 0 Å². The van der Waals surface area contributed by atoms with Gasteiger partial charge in [-0.15, -0.1) is 0 Å². The molecule has 1 unspecified atom stereocenters. The van der Waals surface area contributed by atoms with Crippen LogP contribution in [0, 0.1) is 0 Å². The van der Waals surface area contributed by atoms with Crippen LogP contribution in [0.3, 0.4) is 0 Å². The number of anilines is 1. The van der Waals surface area contributed by atoms with Crippen LogP contribution in [0.4, 0.5) is 5.69 Å². The average Bonchev–Trinajstić information content (AvgIpc) is 2.45. The van der Waals surface area contributed by atoms with Crippen LogP contribution in [-0.4, -0.2) is 17.0 Å². The highest BCUT2D eigenvalue weighted by Gasteiger charge is 2.15. The van der Waals surface area contributed by atoms with Crippen molar-refractivity contribution in [2.75, 3.05) is 11.1 Å². The van der Waals surface area contributed by atoms with Crippen LogP contribution >= 0.6 is 18.1 Å². The van der Waals surface area contributed by atoms with Crippen molar-refractivity contribution in [2.24, 2.45) is 4.76 Å². The Morgan fingerprint density at radius 2 is 2.05 bits per heavy atom. The molecule has 0 aliphatic rings. The Morgan fingerprint density at radius 3 is 2.85 bits per heavy atom. The summed E-state index contributed by atoms with van der Waals surface area (Å²) in [4.78, 5) is 9.62. The lowest BCUT2D eigenvalue weighted by Gasteiger charge is -2.07. The SMILES string of the molecule is CCCSP(=O)(O)N=CNc1cccc2ccccc12. The number of rotatable bonds is 6. The molecule has 0 fully saturated rings. The Kier molecular flexibility index (Phi) is 5.24. The first-order valence-electron chi connectivity index (χ1n) is 6.38. The maximum absolute atomic E-state index is 11.7. The minimum Gasteiger partial charge on any atom is -0.346 e. The Morgan fingerprint density at radius 1 is 1.30 bits per heavy atom. The molecule has 0 spiro atoms. The van der Waals surface area contributed by atoms with Gasteiger partial charge < -0.3 is 10.2 Å². The first-order valence-corrected chi connectivity index (χ1v) is 9.58. The molecule has 0 aliphatic heterocycles. The summed E-state index contributed by atoms with van der Waals surface area (Å²) in [5, 5.41) is 5.14. The summed E-state index contributed by atoms with van der Waals surface area (Å²) >= 11 is 0.991. The molecule has 4 nitrogen and oxygen atoms in total. The zero-order valence-electron chi connectivity index (χ0n) is 11.2. The van der Waals surface area contributed by atoms with Gasteiger partial charge in [0.05, 0.1) is 6.34 Å². The molecular weight excluding hydrogens is 291 g/mol. The zero-order valence-corrected chi connectivity index (χ0v) is 12.9. The molecule has 0 saturated carbocycles. The topological polar surface area (TPSA) is 61.7 Å². The van der Waals surface area contributed by atoms with Crippen LogP contribution in [0.5, 0.6) is 0 Å². The Balaban J connectivity index is 2.11. The van der Waals surface area contributed by atoms with Crippen LogP contribution < -0.4 is 5.32 Å². The Hall–Kier alpha value is -1.29. The highest BCUT2D eigenvalue weighted by molar-refractivity contribution is 8.55. The van der Waals surface area contributed by atoms with E-state index in [1.807, 2.05) is 49.4 Å². The van der Waals surface area contributed by atoms with Gasteiger partial charge in [-0.25, -0.2) is 0 Å². The van der Waals surface area contributed by atoms with Crippen LogP contribution in [0.15, 0.2) is 47.2 Å². The number of nitrogens with zero attached hydrogens (tertiary/aromatic N) is 1. The largest absolute Gasteiger partial charge is 0.370 e. The van der Waals surface area contributed by atoms with Crippen molar-refractivity contribution in [1.82, 2.24) is 0 Å². The fourth-order valence-corrected chi connectivity index (χ4v) is 4.06. The molecule has 0 radical (unpaired) electrons. The first kappa shape index (κ1) is 15.1. The second-order valence-electron chi connectivity index (χ2n) is 4.24. The van der Waals surface area contributed by atoms with Crippen molar-refractivity contribution in [3.05, 3.63) is 42.5 Å². The molecule has 2 N–H and O–H groups in total. The summed E-state index contributed by atoms with van der Waals surface area (Å²) < 4.78 is 15.4. The molecule has 2 rings (SSSR count). The Labute approximate surface area is 122 Å². The minimum atomic E-state index is -3.48. The third kappa shape index (κ3) is 4.10. The molecule has 2 aromatic carbocycles. The van der Waals surface area contributed by atoms with E-state index in [4.69, 9.17) is 0 Å². The van der Waals surface area contributed by atoms with Gasteiger partial charge in [0.1, 0.15) is 0 Å². The number of fused-ring (bicyclic) bond motifs is 1. The second-order valence-corrected chi connectivity index (χ2v) is 8.32. The third-order valence-electron chi connectivity index (χ3n) is 2.68. The van der Waals surface area contributed by atoms with Crippen molar-refractivity contribution in [3.63, 3.8) is 0 Å². The van der Waals surface area contributed by atoms with E-state index in [1.54, 1.807) is 0 Å². The summed E-state index contributed by atoms with van der Waals surface area (Å²) in [6, 6.07) is 13.8. The summed E-state index contributed by atoms with van der Waals surface area (Å²) in [6.07, 6.45) is 2.16. The fraction of sp³-hybridized carbons (Fsp3) is 0.214. The van der Waals surface area contributed by atoms with Crippen molar-refractivity contribution >= 4 is 40.9 Å². The van der Waals surface area contributed by atoms with E-state index in [0.717, 1.165) is 34.3 Å². The molecule has 20 heavy (non-hydrogen) atoms. The maximum atomic E-state index is 11.7. The minimum absolute atomic E-state index is 0.624. The highest BCUT2D eigenvalue weighted by Crippen LogP contribution is 2.55. The molecular formula is C14H17N2O2PS. The van der Waals surface area contributed by atoms with Gasteiger partial charge in [-0.05, 0) is 29.3 Å². The molecule has 0 bridgehead atoms. The molecule has 6 heteroatoms. The first-order chi connectivity index (χ1) is 9.62. The number of hydrogen-bond donors (Lipinski definition) is 2. The van der Waals surface area contributed by atoms with Gasteiger partial charge in [0.2, 0.25) is 0 Å². The van der Waals surface area contributed by atoms with E-state index in [0.29, 0.717) is 5.75 Å². The smallest absolute Gasteiger partial charge is 0.346 e.